The van der Waals surface area contributed by atoms with Gasteiger partial charge in [0.1, 0.15) is 5.01 Å². The molecule has 0 saturated heterocycles. The highest BCUT2D eigenvalue weighted by atomic mass is 35.5. The van der Waals surface area contributed by atoms with Gasteiger partial charge in [-0.2, -0.15) is 0 Å². The van der Waals surface area contributed by atoms with E-state index in [1.54, 1.807) is 11.3 Å². The van der Waals surface area contributed by atoms with E-state index in [1.165, 1.54) is 5.56 Å². The van der Waals surface area contributed by atoms with Gasteiger partial charge in [0.05, 0.1) is 10.2 Å². The fourth-order valence-electron chi connectivity index (χ4n) is 2.19. The van der Waals surface area contributed by atoms with Crippen molar-refractivity contribution >= 4 is 38.8 Å². The van der Waals surface area contributed by atoms with Gasteiger partial charge in [-0.3, -0.25) is 0 Å². The summed E-state index contributed by atoms with van der Waals surface area (Å²) in [6.07, 6.45) is 0. The maximum atomic E-state index is 6.04. The topological polar surface area (TPSA) is 38.9 Å². The molecule has 0 saturated carbocycles. The minimum Gasteiger partial charge on any atom is -0.399 e. The van der Waals surface area contributed by atoms with Gasteiger partial charge in [0.15, 0.2) is 0 Å². The molecule has 2 nitrogen and oxygen atoms in total. The Hall–Kier alpha value is -1.58. The molecule has 2 N–H and O–H groups in total. The van der Waals surface area contributed by atoms with Crippen LogP contribution in [0.15, 0.2) is 42.5 Å². The number of anilines is 1. The smallest absolute Gasteiger partial charge is 0.104 e. The lowest BCUT2D eigenvalue weighted by atomic mass is 9.85. The number of fused-ring (bicyclic) bond motifs is 1. The lowest BCUT2D eigenvalue weighted by Crippen LogP contribution is -2.18. The molecule has 3 aromatic rings. The molecule has 0 atom stereocenters. The Bertz CT molecular complexity index is 760. The van der Waals surface area contributed by atoms with Crippen LogP contribution in [0.2, 0.25) is 5.02 Å². The van der Waals surface area contributed by atoms with Gasteiger partial charge in [-0.15, -0.1) is 11.3 Å². The summed E-state index contributed by atoms with van der Waals surface area (Å²) in [5.74, 6) is 0. The molecule has 0 spiro atoms. The third-order valence-electron chi connectivity index (χ3n) is 3.52. The fourth-order valence-corrected chi connectivity index (χ4v) is 3.56. The summed E-state index contributed by atoms with van der Waals surface area (Å²) >= 11 is 7.73. The molecule has 0 amide bonds. The number of thiazole rings is 1. The highest BCUT2D eigenvalue weighted by molar-refractivity contribution is 7.18. The second kappa shape index (κ2) is 4.76. The van der Waals surface area contributed by atoms with Crippen LogP contribution in [0.1, 0.15) is 24.4 Å². The Morgan fingerprint density at radius 3 is 2.50 bits per heavy atom. The Balaban J connectivity index is 2.10. The Morgan fingerprint density at radius 1 is 1.10 bits per heavy atom. The molecular formula is C16H15ClN2S. The molecule has 1 aromatic heterocycles. The van der Waals surface area contributed by atoms with Crippen molar-refractivity contribution in [1.82, 2.24) is 4.98 Å². The average molecular weight is 303 g/mol. The van der Waals surface area contributed by atoms with E-state index in [2.05, 4.69) is 26.0 Å². The summed E-state index contributed by atoms with van der Waals surface area (Å²) in [4.78, 5) is 4.75. The zero-order valence-electron chi connectivity index (χ0n) is 11.4. The van der Waals surface area contributed by atoms with Gasteiger partial charge in [0, 0.05) is 16.1 Å². The molecule has 2 aromatic carbocycles. The lowest BCUT2D eigenvalue weighted by molar-refractivity contribution is 0.637. The molecule has 3 rings (SSSR count). The third kappa shape index (κ3) is 2.28. The van der Waals surface area contributed by atoms with Gasteiger partial charge in [0.25, 0.3) is 0 Å². The predicted molar refractivity (Wildman–Crippen MR) is 87.6 cm³/mol. The normalized spacial score (nSPS) is 11.9. The van der Waals surface area contributed by atoms with Gasteiger partial charge in [-0.1, -0.05) is 23.7 Å². The molecule has 0 unspecified atom stereocenters. The monoisotopic (exact) mass is 302 g/mol. The standard InChI is InChI=1S/C16H15ClN2S/c1-16(2,10-3-6-12(18)7-4-10)15-19-13-8-5-11(17)9-14(13)20-15/h3-9H,18H2,1-2H3. The minimum absolute atomic E-state index is 0.149. The van der Waals surface area contributed by atoms with E-state index in [0.29, 0.717) is 0 Å². The van der Waals surface area contributed by atoms with Crippen molar-refractivity contribution in [3.8, 4) is 0 Å². The van der Waals surface area contributed by atoms with Gasteiger partial charge >= 0.3 is 0 Å². The van der Waals surface area contributed by atoms with Crippen LogP contribution in [0.5, 0.6) is 0 Å². The van der Waals surface area contributed by atoms with Crippen molar-refractivity contribution in [3.05, 3.63) is 58.1 Å². The molecular weight excluding hydrogens is 288 g/mol. The first-order chi connectivity index (χ1) is 9.46. The number of aromatic nitrogens is 1. The van der Waals surface area contributed by atoms with Crippen LogP contribution in [0.25, 0.3) is 10.2 Å². The Labute approximate surface area is 127 Å². The predicted octanol–water partition coefficient (Wildman–Crippen LogP) is 4.86. The largest absolute Gasteiger partial charge is 0.399 e. The van der Waals surface area contributed by atoms with Crippen LogP contribution >= 0.6 is 22.9 Å². The number of benzene rings is 2. The van der Waals surface area contributed by atoms with Crippen molar-refractivity contribution < 1.29 is 0 Å². The summed E-state index contributed by atoms with van der Waals surface area (Å²) in [7, 11) is 0. The van der Waals surface area contributed by atoms with Crippen molar-refractivity contribution in [2.24, 2.45) is 0 Å². The highest BCUT2D eigenvalue weighted by Gasteiger charge is 2.27. The van der Waals surface area contributed by atoms with Crippen LogP contribution in [-0.4, -0.2) is 4.98 Å². The minimum atomic E-state index is -0.149. The van der Waals surface area contributed by atoms with Gasteiger partial charge < -0.3 is 5.73 Å². The fraction of sp³-hybridized carbons (Fsp3) is 0.188. The van der Waals surface area contributed by atoms with E-state index in [1.807, 2.05) is 30.3 Å². The molecule has 0 bridgehead atoms. The van der Waals surface area contributed by atoms with E-state index in [0.717, 1.165) is 25.9 Å². The van der Waals surface area contributed by atoms with E-state index < -0.39 is 0 Å². The zero-order valence-corrected chi connectivity index (χ0v) is 12.9. The van der Waals surface area contributed by atoms with E-state index in [9.17, 15) is 0 Å². The second-order valence-electron chi connectivity index (χ2n) is 5.38. The zero-order chi connectivity index (χ0) is 14.3. The first-order valence-corrected chi connectivity index (χ1v) is 7.59. The van der Waals surface area contributed by atoms with Crippen molar-refractivity contribution in [1.29, 1.82) is 0 Å². The number of hydrogen-bond acceptors (Lipinski definition) is 3. The maximum Gasteiger partial charge on any atom is 0.104 e. The van der Waals surface area contributed by atoms with Crippen molar-refractivity contribution in [2.45, 2.75) is 19.3 Å². The van der Waals surface area contributed by atoms with Crippen LogP contribution in [-0.2, 0) is 5.41 Å². The summed E-state index contributed by atoms with van der Waals surface area (Å²) in [6.45, 7) is 4.36. The van der Waals surface area contributed by atoms with Crippen LogP contribution < -0.4 is 5.73 Å². The molecule has 0 radical (unpaired) electrons. The molecule has 0 aliphatic heterocycles. The maximum absolute atomic E-state index is 6.04. The van der Waals surface area contributed by atoms with E-state index in [4.69, 9.17) is 22.3 Å². The van der Waals surface area contributed by atoms with Crippen molar-refractivity contribution in [3.63, 3.8) is 0 Å². The number of hydrogen-bond donors (Lipinski definition) is 1. The highest BCUT2D eigenvalue weighted by Crippen LogP contribution is 2.37. The average Bonchev–Trinajstić information content (AvgIpc) is 2.83. The summed E-state index contributed by atoms with van der Waals surface area (Å²) in [5, 5.41) is 1.83. The van der Waals surface area contributed by atoms with Crippen LogP contribution in [0.4, 0.5) is 5.69 Å². The van der Waals surface area contributed by atoms with Gasteiger partial charge in [-0.25, -0.2) is 4.98 Å². The number of halogens is 1. The summed E-state index contributed by atoms with van der Waals surface area (Å²) in [5.41, 5.74) is 8.59. The molecule has 0 aliphatic rings. The van der Waals surface area contributed by atoms with Gasteiger partial charge in [-0.05, 0) is 49.7 Å². The van der Waals surface area contributed by atoms with Gasteiger partial charge in [0.2, 0.25) is 0 Å². The molecule has 20 heavy (non-hydrogen) atoms. The Kier molecular flexibility index (Phi) is 3.19. The number of nitrogen functional groups attached to an aromatic ring is 1. The van der Waals surface area contributed by atoms with Crippen molar-refractivity contribution in [2.75, 3.05) is 5.73 Å². The third-order valence-corrected chi connectivity index (χ3v) is 5.09. The number of rotatable bonds is 2. The molecule has 0 aliphatic carbocycles. The number of nitrogens with zero attached hydrogens (tertiary/aromatic N) is 1. The molecule has 1 heterocycles. The summed E-state index contributed by atoms with van der Waals surface area (Å²) in [6, 6.07) is 13.8. The van der Waals surface area contributed by atoms with E-state index in [-0.39, 0.29) is 5.41 Å². The van der Waals surface area contributed by atoms with Crippen LogP contribution in [0.3, 0.4) is 0 Å². The molecule has 0 fully saturated rings. The number of nitrogens with two attached hydrogens (primary N) is 1. The molecule has 102 valence electrons. The van der Waals surface area contributed by atoms with E-state index >= 15 is 0 Å². The Morgan fingerprint density at radius 2 is 1.80 bits per heavy atom. The lowest BCUT2D eigenvalue weighted by Gasteiger charge is -2.22. The van der Waals surface area contributed by atoms with Crippen LogP contribution in [0, 0.1) is 0 Å². The first-order valence-electron chi connectivity index (χ1n) is 6.39. The SMILES string of the molecule is CC(C)(c1ccc(N)cc1)c1nc2ccc(Cl)cc2s1. The quantitative estimate of drug-likeness (QED) is 0.687. The second-order valence-corrected chi connectivity index (χ2v) is 6.85. The molecule has 4 heteroatoms. The first kappa shape index (κ1) is 13.4. The summed E-state index contributed by atoms with van der Waals surface area (Å²) < 4.78 is 1.12.